The van der Waals surface area contributed by atoms with Gasteiger partial charge >= 0.3 is 0 Å². The first-order valence-electron chi connectivity index (χ1n) is 8.94. The Labute approximate surface area is 127 Å². The van der Waals surface area contributed by atoms with Gasteiger partial charge in [0.1, 0.15) is 0 Å². The van der Waals surface area contributed by atoms with E-state index >= 15 is 0 Å². The fourth-order valence-electron chi connectivity index (χ4n) is 3.51. The standard InChI is InChI=1S/C18H38N2/c1-7-9-17-13-20(18(12-19-17)15(4)5)16(6)11-8-10-14(2)3/h14-19H,7-13H2,1-6H3. The molecule has 1 aliphatic heterocycles. The van der Waals surface area contributed by atoms with Crippen molar-refractivity contribution < 1.29 is 0 Å². The van der Waals surface area contributed by atoms with Gasteiger partial charge in [0.25, 0.3) is 0 Å². The van der Waals surface area contributed by atoms with Crippen molar-refractivity contribution in [2.45, 2.75) is 91.8 Å². The van der Waals surface area contributed by atoms with E-state index in [4.69, 9.17) is 0 Å². The molecule has 0 spiro atoms. The summed E-state index contributed by atoms with van der Waals surface area (Å²) in [5, 5.41) is 3.77. The van der Waals surface area contributed by atoms with Crippen LogP contribution in [-0.4, -0.2) is 36.1 Å². The Morgan fingerprint density at radius 1 is 1.10 bits per heavy atom. The van der Waals surface area contributed by atoms with Crippen molar-refractivity contribution in [3.63, 3.8) is 0 Å². The van der Waals surface area contributed by atoms with Gasteiger partial charge in [0.2, 0.25) is 0 Å². The molecule has 3 atom stereocenters. The van der Waals surface area contributed by atoms with E-state index in [9.17, 15) is 0 Å². The van der Waals surface area contributed by atoms with Gasteiger partial charge in [-0.2, -0.15) is 0 Å². The number of nitrogens with zero attached hydrogens (tertiary/aromatic N) is 1. The largest absolute Gasteiger partial charge is 0.311 e. The predicted molar refractivity (Wildman–Crippen MR) is 90.2 cm³/mol. The Morgan fingerprint density at radius 2 is 1.80 bits per heavy atom. The van der Waals surface area contributed by atoms with Crippen LogP contribution in [0.4, 0.5) is 0 Å². The van der Waals surface area contributed by atoms with Gasteiger partial charge in [-0.3, -0.25) is 4.90 Å². The van der Waals surface area contributed by atoms with Crippen LogP contribution in [0.3, 0.4) is 0 Å². The van der Waals surface area contributed by atoms with Gasteiger partial charge in [0.05, 0.1) is 0 Å². The lowest BCUT2D eigenvalue weighted by atomic mass is 9.93. The second-order valence-corrected chi connectivity index (χ2v) is 7.58. The number of piperazine rings is 1. The first-order valence-corrected chi connectivity index (χ1v) is 8.94. The van der Waals surface area contributed by atoms with Crippen LogP contribution in [0.5, 0.6) is 0 Å². The SMILES string of the molecule is CCCC1CN(C(C)CCCC(C)C)C(C(C)C)CN1. The number of hydrogen-bond donors (Lipinski definition) is 1. The van der Waals surface area contributed by atoms with Crippen LogP contribution >= 0.6 is 0 Å². The van der Waals surface area contributed by atoms with Crippen molar-refractivity contribution in [3.8, 4) is 0 Å². The Morgan fingerprint density at radius 3 is 2.35 bits per heavy atom. The quantitative estimate of drug-likeness (QED) is 0.714. The number of nitrogens with one attached hydrogen (secondary N) is 1. The highest BCUT2D eigenvalue weighted by molar-refractivity contribution is 4.90. The van der Waals surface area contributed by atoms with Crippen molar-refractivity contribution in [1.29, 1.82) is 0 Å². The second-order valence-electron chi connectivity index (χ2n) is 7.58. The summed E-state index contributed by atoms with van der Waals surface area (Å²) < 4.78 is 0. The van der Waals surface area contributed by atoms with E-state index in [1.54, 1.807) is 0 Å². The summed E-state index contributed by atoms with van der Waals surface area (Å²) in [7, 11) is 0. The van der Waals surface area contributed by atoms with E-state index in [1.165, 1.54) is 45.2 Å². The van der Waals surface area contributed by atoms with E-state index < -0.39 is 0 Å². The normalized spacial score (nSPS) is 26.4. The zero-order chi connectivity index (χ0) is 15.1. The van der Waals surface area contributed by atoms with Gasteiger partial charge in [0.15, 0.2) is 0 Å². The minimum Gasteiger partial charge on any atom is -0.311 e. The van der Waals surface area contributed by atoms with E-state index in [-0.39, 0.29) is 0 Å². The van der Waals surface area contributed by atoms with Crippen LogP contribution in [0, 0.1) is 11.8 Å². The minimum atomic E-state index is 0.711. The Hall–Kier alpha value is -0.0800. The predicted octanol–water partition coefficient (Wildman–Crippen LogP) is 4.30. The third kappa shape index (κ3) is 5.73. The first kappa shape index (κ1) is 18.0. The van der Waals surface area contributed by atoms with Gasteiger partial charge in [-0.25, -0.2) is 0 Å². The van der Waals surface area contributed by atoms with Gasteiger partial charge in [0, 0.05) is 31.2 Å². The highest BCUT2D eigenvalue weighted by Crippen LogP contribution is 2.22. The molecule has 20 heavy (non-hydrogen) atoms. The Balaban J connectivity index is 2.53. The molecule has 1 fully saturated rings. The average Bonchev–Trinajstić information content (AvgIpc) is 2.38. The molecule has 120 valence electrons. The molecule has 1 heterocycles. The molecular formula is C18H38N2. The van der Waals surface area contributed by atoms with Crippen molar-refractivity contribution >= 4 is 0 Å². The molecule has 0 radical (unpaired) electrons. The highest BCUT2D eigenvalue weighted by Gasteiger charge is 2.32. The molecule has 1 rings (SSSR count). The van der Waals surface area contributed by atoms with E-state index in [1.807, 2.05) is 0 Å². The number of hydrogen-bond acceptors (Lipinski definition) is 2. The van der Waals surface area contributed by atoms with Gasteiger partial charge in [-0.05, 0) is 31.6 Å². The first-order chi connectivity index (χ1) is 9.45. The summed E-state index contributed by atoms with van der Waals surface area (Å²) in [6, 6.07) is 2.17. The van der Waals surface area contributed by atoms with Gasteiger partial charge < -0.3 is 5.32 Å². The third-order valence-electron chi connectivity index (χ3n) is 4.85. The molecule has 2 heteroatoms. The minimum absolute atomic E-state index is 0.711. The van der Waals surface area contributed by atoms with Gasteiger partial charge in [-0.15, -0.1) is 0 Å². The van der Waals surface area contributed by atoms with Crippen molar-refractivity contribution in [1.82, 2.24) is 10.2 Å². The molecule has 0 aromatic carbocycles. The number of rotatable bonds is 8. The molecule has 0 aromatic heterocycles. The molecule has 1 N–H and O–H groups in total. The molecule has 1 aliphatic rings. The summed E-state index contributed by atoms with van der Waals surface area (Å²) >= 11 is 0. The molecule has 0 bridgehead atoms. The molecule has 0 aliphatic carbocycles. The van der Waals surface area contributed by atoms with Crippen molar-refractivity contribution in [2.75, 3.05) is 13.1 Å². The van der Waals surface area contributed by atoms with Crippen LogP contribution in [0.2, 0.25) is 0 Å². The van der Waals surface area contributed by atoms with Gasteiger partial charge in [-0.1, -0.05) is 53.9 Å². The Bertz CT molecular complexity index is 250. The molecular weight excluding hydrogens is 244 g/mol. The van der Waals surface area contributed by atoms with Crippen LogP contribution in [0.25, 0.3) is 0 Å². The Kier molecular flexibility index (Phi) is 8.13. The van der Waals surface area contributed by atoms with E-state index in [0.29, 0.717) is 6.04 Å². The summed E-state index contributed by atoms with van der Waals surface area (Å²) in [4.78, 5) is 2.81. The van der Waals surface area contributed by atoms with Crippen LogP contribution < -0.4 is 5.32 Å². The monoisotopic (exact) mass is 282 g/mol. The summed E-state index contributed by atoms with van der Waals surface area (Å²) in [5.74, 6) is 1.59. The molecule has 3 unspecified atom stereocenters. The zero-order valence-corrected chi connectivity index (χ0v) is 14.8. The average molecular weight is 283 g/mol. The highest BCUT2D eigenvalue weighted by atomic mass is 15.3. The van der Waals surface area contributed by atoms with Crippen LogP contribution in [0.1, 0.15) is 73.6 Å². The molecule has 0 aromatic rings. The lowest BCUT2D eigenvalue weighted by Crippen LogP contribution is -2.60. The maximum Gasteiger partial charge on any atom is 0.0247 e. The zero-order valence-electron chi connectivity index (χ0n) is 14.8. The molecule has 2 nitrogen and oxygen atoms in total. The fraction of sp³-hybridized carbons (Fsp3) is 1.00. The third-order valence-corrected chi connectivity index (χ3v) is 4.85. The van der Waals surface area contributed by atoms with Crippen molar-refractivity contribution in [2.24, 2.45) is 11.8 Å². The van der Waals surface area contributed by atoms with Crippen LogP contribution in [-0.2, 0) is 0 Å². The lowest BCUT2D eigenvalue weighted by Gasteiger charge is -2.45. The van der Waals surface area contributed by atoms with E-state index in [0.717, 1.165) is 23.9 Å². The van der Waals surface area contributed by atoms with Crippen molar-refractivity contribution in [3.05, 3.63) is 0 Å². The summed E-state index contributed by atoms with van der Waals surface area (Å²) in [6.45, 7) is 16.6. The lowest BCUT2D eigenvalue weighted by molar-refractivity contribution is 0.0554. The van der Waals surface area contributed by atoms with Crippen LogP contribution in [0.15, 0.2) is 0 Å². The fourth-order valence-corrected chi connectivity index (χ4v) is 3.51. The molecule has 1 saturated heterocycles. The maximum atomic E-state index is 3.77. The molecule has 0 amide bonds. The maximum absolute atomic E-state index is 3.77. The molecule has 0 saturated carbocycles. The second kappa shape index (κ2) is 9.04. The summed E-state index contributed by atoms with van der Waals surface area (Å²) in [6.07, 6.45) is 6.73. The summed E-state index contributed by atoms with van der Waals surface area (Å²) in [5.41, 5.74) is 0. The topological polar surface area (TPSA) is 15.3 Å². The van der Waals surface area contributed by atoms with E-state index in [2.05, 4.69) is 51.8 Å². The smallest absolute Gasteiger partial charge is 0.0247 e.